The Morgan fingerprint density at radius 2 is 2.00 bits per heavy atom. The Morgan fingerprint density at radius 1 is 1.17 bits per heavy atom. The zero-order chi connectivity index (χ0) is 16.9. The molecule has 1 heterocycles. The van der Waals surface area contributed by atoms with E-state index in [2.05, 4.69) is 27.0 Å². The lowest BCUT2D eigenvalue weighted by Gasteiger charge is -2.20. The van der Waals surface area contributed by atoms with E-state index in [-0.39, 0.29) is 18.3 Å². The van der Waals surface area contributed by atoms with Crippen LogP contribution in [0.2, 0.25) is 5.02 Å². The monoisotopic (exact) mass is 349 g/mol. The molecule has 2 aromatic carbocycles. The van der Waals surface area contributed by atoms with Gasteiger partial charge in [0.25, 0.3) is 0 Å². The van der Waals surface area contributed by atoms with Crippen LogP contribution in [-0.2, 0) is 11.3 Å². The number of nitrogens with one attached hydrogen (secondary N) is 5. The predicted molar refractivity (Wildman–Crippen MR) is 90.3 cm³/mol. The summed E-state index contributed by atoms with van der Waals surface area (Å²) in [6.45, 7) is 0.119. The summed E-state index contributed by atoms with van der Waals surface area (Å²) in [5.41, 5.74) is 9.67. The number of carbonyl (C=O) groups excluding carboxylic acids is 1. The molecule has 126 valence electrons. The van der Waals surface area contributed by atoms with Crippen molar-refractivity contribution in [1.29, 1.82) is 0 Å². The zero-order valence-corrected chi connectivity index (χ0v) is 13.4. The van der Waals surface area contributed by atoms with Gasteiger partial charge in [0.15, 0.2) is 0 Å². The van der Waals surface area contributed by atoms with E-state index in [1.165, 1.54) is 6.07 Å². The number of hydrogen-bond donors (Lipinski definition) is 5. The molecule has 0 radical (unpaired) electrons. The number of amides is 1. The van der Waals surface area contributed by atoms with E-state index >= 15 is 0 Å². The molecule has 1 aliphatic heterocycles. The van der Waals surface area contributed by atoms with Crippen molar-refractivity contribution in [1.82, 2.24) is 21.7 Å². The minimum absolute atomic E-state index is 0.119. The molecule has 0 spiro atoms. The summed E-state index contributed by atoms with van der Waals surface area (Å²) in [6.07, 6.45) is -0.399. The summed E-state index contributed by atoms with van der Waals surface area (Å²) < 4.78 is 13.6. The molecule has 5 N–H and O–H groups in total. The molecule has 3 rings (SSSR count). The van der Waals surface area contributed by atoms with Gasteiger partial charge in [0.2, 0.25) is 5.91 Å². The van der Waals surface area contributed by atoms with E-state index < -0.39 is 12.2 Å². The minimum atomic E-state index is -0.587. The molecule has 1 saturated heterocycles. The summed E-state index contributed by atoms with van der Waals surface area (Å²) in [6, 6.07) is 12.9. The molecule has 0 saturated carbocycles. The third-order valence-corrected chi connectivity index (χ3v) is 3.86. The van der Waals surface area contributed by atoms with Gasteiger partial charge in [-0.2, -0.15) is 5.53 Å². The van der Waals surface area contributed by atoms with E-state index in [9.17, 15) is 9.18 Å². The van der Waals surface area contributed by atoms with E-state index in [1.807, 2.05) is 12.1 Å². The van der Waals surface area contributed by atoms with E-state index in [0.717, 1.165) is 5.69 Å². The second kappa shape index (κ2) is 7.59. The van der Waals surface area contributed by atoms with Gasteiger partial charge in [-0.25, -0.2) is 15.2 Å². The fourth-order valence-electron chi connectivity index (χ4n) is 2.39. The number of hydrazine groups is 2. The van der Waals surface area contributed by atoms with Gasteiger partial charge in [0.1, 0.15) is 18.0 Å². The van der Waals surface area contributed by atoms with Crippen molar-refractivity contribution in [3.8, 4) is 0 Å². The zero-order valence-electron chi connectivity index (χ0n) is 12.6. The van der Waals surface area contributed by atoms with Crippen LogP contribution in [0.15, 0.2) is 48.5 Å². The first-order valence-electron chi connectivity index (χ1n) is 7.43. The van der Waals surface area contributed by atoms with Crippen LogP contribution in [-0.4, -0.2) is 18.1 Å². The van der Waals surface area contributed by atoms with Gasteiger partial charge < -0.3 is 10.6 Å². The van der Waals surface area contributed by atoms with E-state index in [4.69, 9.17) is 11.6 Å². The molecule has 2 atom stereocenters. The average molecular weight is 350 g/mol. The van der Waals surface area contributed by atoms with Gasteiger partial charge in [-0.1, -0.05) is 35.9 Å². The summed E-state index contributed by atoms with van der Waals surface area (Å²) in [4.78, 5) is 12.4. The molecule has 8 heteroatoms. The maximum Gasteiger partial charge on any atom is 0.242 e. The molecule has 6 nitrogen and oxygen atoms in total. The Bertz CT molecular complexity index is 729. The van der Waals surface area contributed by atoms with Crippen LogP contribution in [0, 0.1) is 5.82 Å². The topological polar surface area (TPSA) is 77.2 Å². The molecule has 1 amide bonds. The van der Waals surface area contributed by atoms with Crippen LogP contribution in [0.4, 0.5) is 10.1 Å². The minimum Gasteiger partial charge on any atom is -0.367 e. The van der Waals surface area contributed by atoms with Crippen molar-refractivity contribution in [2.45, 2.75) is 18.8 Å². The SMILES string of the molecule is O=C(NCc1ccccc1F)C1NNNC1Nc1cccc(Cl)c1. The van der Waals surface area contributed by atoms with E-state index in [1.54, 1.807) is 30.3 Å². The van der Waals surface area contributed by atoms with Crippen LogP contribution in [0.3, 0.4) is 0 Å². The molecule has 0 aliphatic carbocycles. The number of rotatable bonds is 5. The molecule has 2 unspecified atom stereocenters. The standard InChI is InChI=1S/C16H17ClFN5O/c17-11-5-3-6-12(8-11)20-15-14(21-23-22-15)16(24)19-9-10-4-1-2-7-13(10)18/h1-8,14-15,20-23H,9H2,(H,19,24). The van der Waals surface area contributed by atoms with Crippen molar-refractivity contribution in [3.05, 3.63) is 64.9 Å². The number of anilines is 1. The van der Waals surface area contributed by atoms with Crippen molar-refractivity contribution in [3.63, 3.8) is 0 Å². The molecule has 0 bridgehead atoms. The molecule has 1 aliphatic rings. The summed E-state index contributed by atoms with van der Waals surface area (Å²) in [5.74, 6) is -0.614. The normalized spacial score (nSPS) is 19.9. The molecule has 2 aromatic rings. The van der Waals surface area contributed by atoms with Gasteiger partial charge in [0.05, 0.1) is 0 Å². The fraction of sp³-hybridized carbons (Fsp3) is 0.188. The number of hydrogen-bond acceptors (Lipinski definition) is 5. The Balaban J connectivity index is 1.60. The Kier molecular flexibility index (Phi) is 5.27. The quantitative estimate of drug-likeness (QED) is 0.566. The lowest BCUT2D eigenvalue weighted by Crippen LogP contribution is -2.50. The highest BCUT2D eigenvalue weighted by Crippen LogP contribution is 2.16. The highest BCUT2D eigenvalue weighted by atomic mass is 35.5. The lowest BCUT2D eigenvalue weighted by molar-refractivity contribution is -0.123. The fourth-order valence-corrected chi connectivity index (χ4v) is 2.58. The second-order valence-electron chi connectivity index (χ2n) is 5.33. The molecule has 0 aromatic heterocycles. The van der Waals surface area contributed by atoms with Crippen LogP contribution < -0.4 is 27.0 Å². The summed E-state index contributed by atoms with van der Waals surface area (Å²) in [7, 11) is 0. The molecular weight excluding hydrogens is 333 g/mol. The highest BCUT2D eigenvalue weighted by molar-refractivity contribution is 6.30. The largest absolute Gasteiger partial charge is 0.367 e. The van der Waals surface area contributed by atoms with Crippen LogP contribution >= 0.6 is 11.6 Å². The second-order valence-corrected chi connectivity index (χ2v) is 5.77. The Hall–Kier alpha value is -2.19. The van der Waals surface area contributed by atoms with Crippen molar-refractivity contribution in [2.24, 2.45) is 0 Å². The average Bonchev–Trinajstić information content (AvgIpc) is 3.02. The van der Waals surface area contributed by atoms with Gasteiger partial charge >= 0.3 is 0 Å². The molecular formula is C16H17ClFN5O. The maximum atomic E-state index is 13.6. The van der Waals surface area contributed by atoms with Crippen LogP contribution in [0.25, 0.3) is 0 Å². The molecule has 1 fully saturated rings. The number of benzene rings is 2. The lowest BCUT2D eigenvalue weighted by atomic mass is 10.2. The number of halogens is 2. The van der Waals surface area contributed by atoms with Gasteiger partial charge in [-0.05, 0) is 24.3 Å². The van der Waals surface area contributed by atoms with Crippen molar-refractivity contribution < 1.29 is 9.18 Å². The van der Waals surface area contributed by atoms with Gasteiger partial charge in [-0.3, -0.25) is 4.79 Å². The smallest absolute Gasteiger partial charge is 0.242 e. The van der Waals surface area contributed by atoms with Gasteiger partial charge in [0, 0.05) is 22.8 Å². The third kappa shape index (κ3) is 4.01. The first-order valence-corrected chi connectivity index (χ1v) is 7.80. The predicted octanol–water partition coefficient (Wildman–Crippen LogP) is 1.51. The first-order chi connectivity index (χ1) is 11.6. The summed E-state index contributed by atoms with van der Waals surface area (Å²) >= 11 is 5.96. The van der Waals surface area contributed by atoms with Crippen molar-refractivity contribution in [2.75, 3.05) is 5.32 Å². The summed E-state index contributed by atoms with van der Waals surface area (Å²) in [5, 5.41) is 6.48. The maximum absolute atomic E-state index is 13.6. The Morgan fingerprint density at radius 3 is 2.79 bits per heavy atom. The van der Waals surface area contributed by atoms with Crippen LogP contribution in [0.5, 0.6) is 0 Å². The van der Waals surface area contributed by atoms with Gasteiger partial charge in [-0.15, -0.1) is 0 Å². The number of carbonyl (C=O) groups is 1. The first kappa shape index (κ1) is 16.7. The molecule has 24 heavy (non-hydrogen) atoms. The Labute approximate surface area is 143 Å². The van der Waals surface area contributed by atoms with Crippen LogP contribution in [0.1, 0.15) is 5.56 Å². The van der Waals surface area contributed by atoms with Crippen molar-refractivity contribution >= 4 is 23.2 Å². The third-order valence-electron chi connectivity index (χ3n) is 3.63. The van der Waals surface area contributed by atoms with E-state index in [0.29, 0.717) is 10.6 Å². The highest BCUT2D eigenvalue weighted by Gasteiger charge is 2.32.